The lowest BCUT2D eigenvalue weighted by molar-refractivity contribution is -0.138. The molecule has 0 aromatic carbocycles. The second-order valence-electron chi connectivity index (χ2n) is 3.94. The molecule has 0 aliphatic heterocycles. The van der Waals surface area contributed by atoms with Gasteiger partial charge in [0.1, 0.15) is 0 Å². The quantitative estimate of drug-likeness (QED) is 0.870. The molecule has 1 heterocycles. The zero-order chi connectivity index (χ0) is 13.0. The van der Waals surface area contributed by atoms with Gasteiger partial charge in [-0.1, -0.05) is 6.92 Å². The summed E-state index contributed by atoms with van der Waals surface area (Å²) in [6.45, 7) is 5.47. The maximum absolute atomic E-state index is 10.6. The summed E-state index contributed by atoms with van der Waals surface area (Å²) in [5, 5.41) is 13.2. The Kier molecular flexibility index (Phi) is 5.14. The number of carbonyl (C=O) groups is 1. The lowest BCUT2D eigenvalue weighted by Crippen LogP contribution is -2.26. The van der Waals surface area contributed by atoms with Gasteiger partial charge in [-0.2, -0.15) is 5.10 Å². The van der Waals surface area contributed by atoms with Crippen LogP contribution in [-0.4, -0.2) is 39.3 Å². The number of hydrogen-bond donors (Lipinski definition) is 1. The highest BCUT2D eigenvalue weighted by molar-refractivity contribution is 9.10. The number of carboxylic acids is 1. The average molecular weight is 304 g/mol. The van der Waals surface area contributed by atoms with Crippen LogP contribution in [0.15, 0.2) is 4.47 Å². The standard InChI is InChI=1S/C11H18BrN3O2/c1-4-8-11(12)9(15(5-2)13-8)6-14(3)7-10(16)17/h4-7H2,1-3H3,(H,16,17). The van der Waals surface area contributed by atoms with Crippen LogP contribution < -0.4 is 0 Å². The third kappa shape index (κ3) is 3.54. The zero-order valence-corrected chi connectivity index (χ0v) is 12.0. The molecule has 0 saturated heterocycles. The van der Waals surface area contributed by atoms with E-state index in [9.17, 15) is 4.79 Å². The van der Waals surface area contributed by atoms with Crippen LogP contribution in [0, 0.1) is 0 Å². The molecule has 0 aliphatic carbocycles. The third-order valence-corrected chi connectivity index (χ3v) is 3.43. The fourth-order valence-electron chi connectivity index (χ4n) is 1.71. The fraction of sp³-hybridized carbons (Fsp3) is 0.636. The Morgan fingerprint density at radius 2 is 2.18 bits per heavy atom. The second-order valence-corrected chi connectivity index (χ2v) is 4.74. The van der Waals surface area contributed by atoms with E-state index in [4.69, 9.17) is 5.11 Å². The number of aryl methyl sites for hydroxylation is 2. The molecular weight excluding hydrogens is 286 g/mol. The first kappa shape index (κ1) is 14.2. The van der Waals surface area contributed by atoms with Gasteiger partial charge in [0.05, 0.1) is 22.4 Å². The largest absolute Gasteiger partial charge is 0.480 e. The van der Waals surface area contributed by atoms with Crippen molar-refractivity contribution >= 4 is 21.9 Å². The summed E-state index contributed by atoms with van der Waals surface area (Å²) in [6.07, 6.45) is 0.864. The van der Waals surface area contributed by atoms with Gasteiger partial charge >= 0.3 is 5.97 Å². The van der Waals surface area contributed by atoms with E-state index in [1.54, 1.807) is 11.9 Å². The first-order valence-corrected chi connectivity index (χ1v) is 6.43. The van der Waals surface area contributed by atoms with Crippen molar-refractivity contribution in [3.63, 3.8) is 0 Å². The normalized spacial score (nSPS) is 11.1. The topological polar surface area (TPSA) is 58.4 Å². The predicted octanol–water partition coefficient (Wildman–Crippen LogP) is 1.74. The Hall–Kier alpha value is -0.880. The second kappa shape index (κ2) is 6.16. The summed E-state index contributed by atoms with van der Waals surface area (Å²) in [6, 6.07) is 0. The van der Waals surface area contributed by atoms with Crippen molar-refractivity contribution in [2.24, 2.45) is 0 Å². The van der Waals surface area contributed by atoms with E-state index in [1.165, 1.54) is 0 Å². The average Bonchev–Trinajstić information content (AvgIpc) is 2.55. The first-order valence-electron chi connectivity index (χ1n) is 5.63. The highest BCUT2D eigenvalue weighted by atomic mass is 79.9. The molecular formula is C11H18BrN3O2. The molecule has 6 heteroatoms. The zero-order valence-electron chi connectivity index (χ0n) is 10.4. The van der Waals surface area contributed by atoms with Crippen molar-refractivity contribution in [3.05, 3.63) is 15.9 Å². The lowest BCUT2D eigenvalue weighted by Gasteiger charge is -2.15. The Labute approximate surface area is 110 Å². The van der Waals surface area contributed by atoms with Gasteiger partial charge < -0.3 is 5.11 Å². The summed E-state index contributed by atoms with van der Waals surface area (Å²) >= 11 is 3.54. The van der Waals surface area contributed by atoms with Gasteiger partial charge in [0.15, 0.2) is 0 Å². The molecule has 0 spiro atoms. The molecule has 1 rings (SSSR count). The molecule has 0 unspecified atom stereocenters. The van der Waals surface area contributed by atoms with Crippen LogP contribution in [0.2, 0.25) is 0 Å². The monoisotopic (exact) mass is 303 g/mol. The van der Waals surface area contributed by atoms with E-state index in [0.717, 1.165) is 28.8 Å². The molecule has 0 aliphatic rings. The SMILES string of the molecule is CCc1nn(CC)c(CN(C)CC(=O)O)c1Br. The molecule has 5 nitrogen and oxygen atoms in total. The molecule has 0 saturated carbocycles. The van der Waals surface area contributed by atoms with Crippen LogP contribution in [0.3, 0.4) is 0 Å². The summed E-state index contributed by atoms with van der Waals surface area (Å²) < 4.78 is 2.92. The maximum Gasteiger partial charge on any atom is 0.317 e. The molecule has 1 N–H and O–H groups in total. The van der Waals surface area contributed by atoms with E-state index in [0.29, 0.717) is 6.54 Å². The van der Waals surface area contributed by atoms with Crippen molar-refractivity contribution in [1.29, 1.82) is 0 Å². The molecule has 1 aromatic rings. The van der Waals surface area contributed by atoms with Gasteiger partial charge in [-0.05, 0) is 36.3 Å². The Bertz CT molecular complexity index is 404. The minimum Gasteiger partial charge on any atom is -0.480 e. The van der Waals surface area contributed by atoms with E-state index in [-0.39, 0.29) is 6.54 Å². The number of halogens is 1. The molecule has 1 aromatic heterocycles. The van der Waals surface area contributed by atoms with Crippen LogP contribution in [-0.2, 0) is 24.3 Å². The van der Waals surface area contributed by atoms with Gasteiger partial charge in [0.25, 0.3) is 0 Å². The van der Waals surface area contributed by atoms with Crippen LogP contribution in [0.25, 0.3) is 0 Å². The number of carboxylic acid groups (broad SMARTS) is 1. The van der Waals surface area contributed by atoms with Crippen molar-refractivity contribution in [2.75, 3.05) is 13.6 Å². The molecule has 0 bridgehead atoms. The van der Waals surface area contributed by atoms with Crippen molar-refractivity contribution < 1.29 is 9.90 Å². The number of rotatable bonds is 6. The van der Waals surface area contributed by atoms with Gasteiger partial charge in [-0.15, -0.1) is 0 Å². The van der Waals surface area contributed by atoms with Crippen molar-refractivity contribution in [1.82, 2.24) is 14.7 Å². The highest BCUT2D eigenvalue weighted by Crippen LogP contribution is 2.23. The predicted molar refractivity (Wildman–Crippen MR) is 68.9 cm³/mol. The minimum absolute atomic E-state index is 0.0305. The molecule has 0 radical (unpaired) electrons. The summed E-state index contributed by atoms with van der Waals surface area (Å²) in [7, 11) is 1.79. The minimum atomic E-state index is -0.818. The Balaban J connectivity index is 2.88. The van der Waals surface area contributed by atoms with E-state index in [1.807, 2.05) is 11.6 Å². The van der Waals surface area contributed by atoms with Crippen molar-refractivity contribution in [3.8, 4) is 0 Å². The lowest BCUT2D eigenvalue weighted by atomic mass is 10.3. The van der Waals surface area contributed by atoms with Crippen LogP contribution >= 0.6 is 15.9 Å². The number of nitrogens with zero attached hydrogens (tertiary/aromatic N) is 3. The van der Waals surface area contributed by atoms with Gasteiger partial charge in [0.2, 0.25) is 0 Å². The van der Waals surface area contributed by atoms with E-state index in [2.05, 4.69) is 28.0 Å². The van der Waals surface area contributed by atoms with E-state index < -0.39 is 5.97 Å². The Morgan fingerprint density at radius 3 is 2.65 bits per heavy atom. The number of aromatic nitrogens is 2. The summed E-state index contributed by atoms with van der Waals surface area (Å²) in [5.41, 5.74) is 2.05. The molecule has 0 fully saturated rings. The highest BCUT2D eigenvalue weighted by Gasteiger charge is 2.16. The number of hydrogen-bond acceptors (Lipinski definition) is 3. The molecule has 0 atom stereocenters. The fourth-order valence-corrected chi connectivity index (χ4v) is 2.40. The van der Waals surface area contributed by atoms with Gasteiger partial charge in [-0.25, -0.2) is 0 Å². The maximum atomic E-state index is 10.6. The van der Waals surface area contributed by atoms with Crippen LogP contribution in [0.1, 0.15) is 25.2 Å². The molecule has 17 heavy (non-hydrogen) atoms. The number of likely N-dealkylation sites (N-methyl/N-ethyl adjacent to an activating group) is 1. The first-order chi connectivity index (χ1) is 7.99. The number of aliphatic carboxylic acids is 1. The van der Waals surface area contributed by atoms with Gasteiger partial charge in [0, 0.05) is 13.1 Å². The van der Waals surface area contributed by atoms with E-state index >= 15 is 0 Å². The van der Waals surface area contributed by atoms with Crippen LogP contribution in [0.4, 0.5) is 0 Å². The summed E-state index contributed by atoms with van der Waals surface area (Å²) in [4.78, 5) is 12.4. The third-order valence-electron chi connectivity index (χ3n) is 2.52. The van der Waals surface area contributed by atoms with Crippen molar-refractivity contribution in [2.45, 2.75) is 33.4 Å². The summed E-state index contributed by atoms with van der Waals surface area (Å²) in [5.74, 6) is -0.818. The molecule has 96 valence electrons. The van der Waals surface area contributed by atoms with Crippen LogP contribution in [0.5, 0.6) is 0 Å². The smallest absolute Gasteiger partial charge is 0.317 e. The Morgan fingerprint density at radius 1 is 1.53 bits per heavy atom. The molecule has 0 amide bonds. The van der Waals surface area contributed by atoms with Gasteiger partial charge in [-0.3, -0.25) is 14.4 Å².